The van der Waals surface area contributed by atoms with Gasteiger partial charge in [0.1, 0.15) is 17.2 Å². The highest BCUT2D eigenvalue weighted by Crippen LogP contribution is 2.26. The summed E-state index contributed by atoms with van der Waals surface area (Å²) in [7, 11) is 0.490. The van der Waals surface area contributed by atoms with E-state index in [4.69, 9.17) is 18.9 Å². The van der Waals surface area contributed by atoms with Crippen LogP contribution in [0, 0.1) is 0 Å². The lowest BCUT2D eigenvalue weighted by molar-refractivity contribution is -0.149. The first kappa shape index (κ1) is 29.8. The van der Waals surface area contributed by atoms with Crippen LogP contribution in [0.3, 0.4) is 0 Å². The van der Waals surface area contributed by atoms with Crippen molar-refractivity contribution in [3.05, 3.63) is 66.7 Å². The van der Waals surface area contributed by atoms with Crippen LogP contribution in [0.15, 0.2) is 71.6 Å². The number of hydrogen-bond donors (Lipinski definition) is 2. The summed E-state index contributed by atoms with van der Waals surface area (Å²) in [5.41, 5.74) is 1.24. The summed E-state index contributed by atoms with van der Waals surface area (Å²) in [4.78, 5) is 35.4. The smallest absolute Gasteiger partial charge is 0.344 e. The SMILES string of the molecule is COc1cc(NC(=O)COC(=O)COc2ccc(N(C)S(=O)(=O)c3ccc(NC(C)=O)cc3)cc2)cc(OC)c1. The van der Waals surface area contributed by atoms with Crippen molar-refractivity contribution in [2.45, 2.75) is 11.8 Å². The highest BCUT2D eigenvalue weighted by molar-refractivity contribution is 7.92. The molecule has 0 saturated heterocycles. The van der Waals surface area contributed by atoms with Gasteiger partial charge in [0.2, 0.25) is 5.91 Å². The number of esters is 1. The van der Waals surface area contributed by atoms with Crippen molar-refractivity contribution >= 4 is 44.9 Å². The van der Waals surface area contributed by atoms with E-state index in [1.165, 1.54) is 76.7 Å². The van der Waals surface area contributed by atoms with E-state index in [9.17, 15) is 22.8 Å². The van der Waals surface area contributed by atoms with Gasteiger partial charge in [-0.05, 0) is 48.5 Å². The van der Waals surface area contributed by atoms with Crippen molar-refractivity contribution in [2.24, 2.45) is 0 Å². The van der Waals surface area contributed by atoms with Crippen LogP contribution in [-0.4, -0.2) is 60.7 Å². The zero-order valence-corrected chi connectivity index (χ0v) is 23.1. The van der Waals surface area contributed by atoms with Gasteiger partial charge in [-0.3, -0.25) is 13.9 Å². The Hall–Kier alpha value is -4.78. The molecule has 0 aliphatic rings. The molecular weight excluding hydrogens is 542 g/mol. The average molecular weight is 572 g/mol. The Kier molecular flexibility index (Phi) is 9.92. The highest BCUT2D eigenvalue weighted by Gasteiger charge is 2.21. The van der Waals surface area contributed by atoms with Crippen LogP contribution in [0.2, 0.25) is 0 Å². The second-order valence-electron chi connectivity index (χ2n) is 8.27. The molecule has 40 heavy (non-hydrogen) atoms. The fourth-order valence-electron chi connectivity index (χ4n) is 3.37. The number of methoxy groups -OCH3 is 2. The first-order chi connectivity index (χ1) is 19.0. The molecule has 13 heteroatoms. The summed E-state index contributed by atoms with van der Waals surface area (Å²) < 4.78 is 47.7. The van der Waals surface area contributed by atoms with E-state index in [2.05, 4.69) is 10.6 Å². The summed E-state index contributed by atoms with van der Waals surface area (Å²) in [5.74, 6) is -0.357. The molecule has 0 heterocycles. The Balaban J connectivity index is 1.50. The molecule has 0 aliphatic carbocycles. The molecule has 0 radical (unpaired) electrons. The van der Waals surface area contributed by atoms with E-state index in [0.29, 0.717) is 34.3 Å². The summed E-state index contributed by atoms with van der Waals surface area (Å²) >= 11 is 0. The molecule has 0 aliphatic heterocycles. The number of amides is 2. The van der Waals surface area contributed by atoms with Crippen LogP contribution < -0.4 is 29.1 Å². The Morgan fingerprint density at radius 1 is 0.775 bits per heavy atom. The Bertz CT molecular complexity index is 1440. The normalized spacial score (nSPS) is 10.7. The predicted molar refractivity (Wildman–Crippen MR) is 147 cm³/mol. The van der Waals surface area contributed by atoms with Crippen LogP contribution in [-0.2, 0) is 29.1 Å². The molecule has 3 aromatic carbocycles. The monoisotopic (exact) mass is 571 g/mol. The maximum Gasteiger partial charge on any atom is 0.344 e. The largest absolute Gasteiger partial charge is 0.497 e. The number of nitrogens with one attached hydrogen (secondary N) is 2. The van der Waals surface area contributed by atoms with E-state index >= 15 is 0 Å². The van der Waals surface area contributed by atoms with Gasteiger partial charge in [-0.1, -0.05) is 0 Å². The number of carbonyl (C=O) groups is 3. The Morgan fingerprint density at radius 3 is 1.93 bits per heavy atom. The lowest BCUT2D eigenvalue weighted by atomic mass is 10.2. The van der Waals surface area contributed by atoms with Crippen LogP contribution in [0.5, 0.6) is 17.2 Å². The van der Waals surface area contributed by atoms with Crippen molar-refractivity contribution in [3.63, 3.8) is 0 Å². The van der Waals surface area contributed by atoms with Crippen LogP contribution in [0.1, 0.15) is 6.92 Å². The predicted octanol–water partition coefficient (Wildman–Crippen LogP) is 3.05. The van der Waals surface area contributed by atoms with Crippen molar-refractivity contribution in [1.29, 1.82) is 0 Å². The van der Waals surface area contributed by atoms with Gasteiger partial charge in [0.15, 0.2) is 13.2 Å². The van der Waals surface area contributed by atoms with Crippen molar-refractivity contribution in [1.82, 2.24) is 0 Å². The van der Waals surface area contributed by atoms with Gasteiger partial charge in [0.25, 0.3) is 15.9 Å². The zero-order valence-electron chi connectivity index (χ0n) is 22.3. The fraction of sp³-hybridized carbons (Fsp3) is 0.222. The fourth-order valence-corrected chi connectivity index (χ4v) is 4.56. The number of nitrogens with zero attached hydrogens (tertiary/aromatic N) is 1. The van der Waals surface area contributed by atoms with Crippen LogP contribution >= 0.6 is 0 Å². The molecular formula is C27H29N3O9S. The van der Waals surface area contributed by atoms with Gasteiger partial charge < -0.3 is 29.6 Å². The van der Waals surface area contributed by atoms with Gasteiger partial charge in [0, 0.05) is 43.5 Å². The van der Waals surface area contributed by atoms with E-state index < -0.39 is 35.1 Å². The number of carbonyl (C=O) groups excluding carboxylic acids is 3. The first-order valence-corrected chi connectivity index (χ1v) is 13.2. The van der Waals surface area contributed by atoms with Gasteiger partial charge in [-0.2, -0.15) is 0 Å². The molecule has 0 atom stereocenters. The third-order valence-corrected chi connectivity index (χ3v) is 7.19. The minimum atomic E-state index is -3.87. The molecule has 0 spiro atoms. The van der Waals surface area contributed by atoms with Crippen LogP contribution in [0.4, 0.5) is 17.1 Å². The number of rotatable bonds is 12. The van der Waals surface area contributed by atoms with Gasteiger partial charge in [0.05, 0.1) is 24.8 Å². The minimum Gasteiger partial charge on any atom is -0.497 e. The molecule has 2 N–H and O–H groups in total. The summed E-state index contributed by atoms with van der Waals surface area (Å²) in [5, 5.41) is 5.16. The zero-order chi connectivity index (χ0) is 29.3. The molecule has 0 fully saturated rings. The molecule has 0 aromatic heterocycles. The van der Waals surface area contributed by atoms with Crippen molar-refractivity contribution < 1.29 is 41.7 Å². The molecule has 2 amide bonds. The standard InChI is InChI=1S/C27H29N3O9S/c1-18(31)28-19-5-11-25(12-6-19)40(34,35)30(2)21-7-9-22(10-8-21)38-17-27(33)39-16-26(32)29-20-13-23(36-3)15-24(14-20)37-4/h5-15H,16-17H2,1-4H3,(H,28,31)(H,29,32). The Morgan fingerprint density at radius 2 is 1.38 bits per heavy atom. The second-order valence-corrected chi connectivity index (χ2v) is 10.2. The van der Waals surface area contributed by atoms with Crippen molar-refractivity contribution in [3.8, 4) is 17.2 Å². The molecule has 212 valence electrons. The second kappa shape index (κ2) is 13.3. The van der Waals surface area contributed by atoms with Gasteiger partial charge in [-0.25, -0.2) is 13.2 Å². The maximum atomic E-state index is 13.0. The number of anilines is 3. The van der Waals surface area contributed by atoms with E-state index in [1.54, 1.807) is 18.2 Å². The molecule has 12 nitrogen and oxygen atoms in total. The molecule has 3 aromatic rings. The van der Waals surface area contributed by atoms with E-state index in [-0.39, 0.29) is 10.8 Å². The topological polar surface area (TPSA) is 150 Å². The lowest BCUT2D eigenvalue weighted by Gasteiger charge is -2.20. The average Bonchev–Trinajstić information content (AvgIpc) is 2.94. The van der Waals surface area contributed by atoms with Crippen molar-refractivity contribution in [2.75, 3.05) is 49.4 Å². The first-order valence-electron chi connectivity index (χ1n) is 11.8. The van der Waals surface area contributed by atoms with E-state index in [0.717, 1.165) is 4.31 Å². The quantitative estimate of drug-likeness (QED) is 0.313. The molecule has 0 bridgehead atoms. The lowest BCUT2D eigenvalue weighted by Crippen LogP contribution is -2.26. The molecule has 3 rings (SSSR count). The van der Waals surface area contributed by atoms with E-state index in [1.807, 2.05) is 0 Å². The van der Waals surface area contributed by atoms with Gasteiger partial charge in [-0.15, -0.1) is 0 Å². The minimum absolute atomic E-state index is 0.0433. The van der Waals surface area contributed by atoms with Gasteiger partial charge >= 0.3 is 5.97 Å². The summed E-state index contributed by atoms with van der Waals surface area (Å²) in [6.45, 7) is 0.361. The molecule has 0 saturated carbocycles. The maximum absolute atomic E-state index is 13.0. The summed E-state index contributed by atoms with van der Waals surface area (Å²) in [6.07, 6.45) is 0. The number of hydrogen-bond acceptors (Lipinski definition) is 9. The summed E-state index contributed by atoms with van der Waals surface area (Å²) in [6, 6.07) is 16.6. The number of sulfonamides is 1. The third kappa shape index (κ3) is 8.11. The third-order valence-electron chi connectivity index (χ3n) is 5.39. The Labute approximate surface area is 231 Å². The molecule has 0 unspecified atom stereocenters. The number of benzene rings is 3. The highest BCUT2D eigenvalue weighted by atomic mass is 32.2. The number of ether oxygens (including phenoxy) is 4. The van der Waals surface area contributed by atoms with Crippen LogP contribution in [0.25, 0.3) is 0 Å².